The summed E-state index contributed by atoms with van der Waals surface area (Å²) in [5.41, 5.74) is 3.39. The average Bonchev–Trinajstić information content (AvgIpc) is 3.64. The number of pyridine rings is 1. The number of ketones is 2. The van der Waals surface area contributed by atoms with E-state index in [0.29, 0.717) is 55.1 Å². The maximum absolute atomic E-state index is 13.2. The van der Waals surface area contributed by atoms with Gasteiger partial charge in [0.25, 0.3) is 5.91 Å². The van der Waals surface area contributed by atoms with E-state index in [0.717, 1.165) is 50.1 Å². The highest BCUT2D eigenvalue weighted by Crippen LogP contribution is 2.31. The molecule has 45 heavy (non-hydrogen) atoms. The molecule has 1 saturated carbocycles. The molecule has 3 aromatic rings. The first-order chi connectivity index (χ1) is 22.0. The molecule has 3 aliphatic rings. The molecule has 1 aromatic heterocycles. The van der Waals surface area contributed by atoms with Crippen molar-refractivity contribution in [2.24, 2.45) is 11.8 Å². The fourth-order valence-electron chi connectivity index (χ4n) is 6.87. The van der Waals surface area contributed by atoms with Crippen molar-refractivity contribution in [3.8, 4) is 11.8 Å². The minimum Gasteiger partial charge on any atom is -0.490 e. The van der Waals surface area contributed by atoms with Gasteiger partial charge in [0.05, 0.1) is 17.7 Å². The van der Waals surface area contributed by atoms with E-state index in [-0.39, 0.29) is 29.5 Å². The molecule has 2 aliphatic heterocycles. The second-order valence-electron chi connectivity index (χ2n) is 12.6. The number of ether oxygens (including phenoxy) is 1. The number of rotatable bonds is 9. The van der Waals surface area contributed by atoms with E-state index in [1.807, 2.05) is 24.3 Å². The molecule has 0 unspecified atom stereocenters. The summed E-state index contributed by atoms with van der Waals surface area (Å²) < 4.78 is 6.08. The molecular formula is C37H40N4O4. The van der Waals surface area contributed by atoms with Crippen molar-refractivity contribution < 1.29 is 19.1 Å². The number of benzene rings is 2. The van der Waals surface area contributed by atoms with Crippen molar-refractivity contribution >= 4 is 23.2 Å². The molecule has 8 heteroatoms. The molecule has 0 spiro atoms. The zero-order chi connectivity index (χ0) is 31.2. The topological polar surface area (TPSA) is 104 Å². The third-order valence-electron chi connectivity index (χ3n) is 9.63. The van der Waals surface area contributed by atoms with Gasteiger partial charge >= 0.3 is 0 Å². The summed E-state index contributed by atoms with van der Waals surface area (Å²) in [6, 6.07) is 20.6. The van der Waals surface area contributed by atoms with Crippen LogP contribution >= 0.6 is 0 Å². The fourth-order valence-corrected chi connectivity index (χ4v) is 6.87. The molecule has 6 rings (SSSR count). The second kappa shape index (κ2) is 14.1. The van der Waals surface area contributed by atoms with Gasteiger partial charge < -0.3 is 14.5 Å². The van der Waals surface area contributed by atoms with Gasteiger partial charge in [0.1, 0.15) is 11.4 Å². The third-order valence-corrected chi connectivity index (χ3v) is 9.63. The van der Waals surface area contributed by atoms with Gasteiger partial charge in [0.15, 0.2) is 11.6 Å². The van der Waals surface area contributed by atoms with Crippen LogP contribution in [0, 0.1) is 23.2 Å². The first kappa shape index (κ1) is 30.5. The van der Waals surface area contributed by atoms with Crippen molar-refractivity contribution in [2.75, 3.05) is 31.1 Å². The lowest BCUT2D eigenvalue weighted by molar-refractivity contribution is 0.0645. The SMILES string of the molecule is N#Cc1ccc(OC2CCC(CC(=O)c3ccc(C(=O)N4CCC(C(=O)c5ccc(N6CCCC6)cc5)CC4)nc3)CC2)cc1. The average molecular weight is 605 g/mol. The summed E-state index contributed by atoms with van der Waals surface area (Å²) in [4.78, 5) is 47.8. The van der Waals surface area contributed by atoms with E-state index in [2.05, 4.69) is 28.1 Å². The first-order valence-corrected chi connectivity index (χ1v) is 16.3. The fraction of sp³-hybridized carbons (Fsp3) is 0.432. The molecule has 3 fully saturated rings. The van der Waals surface area contributed by atoms with Crippen molar-refractivity contribution in [1.29, 1.82) is 5.26 Å². The van der Waals surface area contributed by atoms with Crippen LogP contribution in [0.3, 0.4) is 0 Å². The van der Waals surface area contributed by atoms with Gasteiger partial charge in [-0.05, 0) is 118 Å². The Bertz CT molecular complexity index is 1520. The van der Waals surface area contributed by atoms with E-state index in [1.54, 1.807) is 29.2 Å². The quantitative estimate of drug-likeness (QED) is 0.257. The second-order valence-corrected chi connectivity index (χ2v) is 12.6. The van der Waals surface area contributed by atoms with Crippen LogP contribution < -0.4 is 9.64 Å². The van der Waals surface area contributed by atoms with Crippen LogP contribution in [-0.2, 0) is 0 Å². The lowest BCUT2D eigenvalue weighted by atomic mass is 9.83. The molecule has 3 heterocycles. The summed E-state index contributed by atoms with van der Waals surface area (Å²) in [6.07, 6.45) is 9.41. The minimum absolute atomic E-state index is 0.0470. The third kappa shape index (κ3) is 7.42. The monoisotopic (exact) mass is 604 g/mol. The number of amides is 1. The van der Waals surface area contributed by atoms with Gasteiger partial charge in [0, 0.05) is 61.5 Å². The van der Waals surface area contributed by atoms with Gasteiger partial charge in [0.2, 0.25) is 0 Å². The Morgan fingerprint density at radius 3 is 2.09 bits per heavy atom. The number of anilines is 1. The predicted octanol–water partition coefficient (Wildman–Crippen LogP) is 6.50. The molecule has 0 bridgehead atoms. The van der Waals surface area contributed by atoms with Gasteiger partial charge in [-0.25, -0.2) is 0 Å². The normalized spacial score (nSPS) is 20.4. The maximum Gasteiger partial charge on any atom is 0.272 e. The van der Waals surface area contributed by atoms with Gasteiger partial charge in [-0.1, -0.05) is 0 Å². The highest BCUT2D eigenvalue weighted by molar-refractivity contribution is 5.99. The van der Waals surface area contributed by atoms with Crippen molar-refractivity contribution in [3.63, 3.8) is 0 Å². The number of Topliss-reactive ketones (excluding diaryl/α,β-unsaturated/α-hetero) is 2. The van der Waals surface area contributed by atoms with E-state index >= 15 is 0 Å². The minimum atomic E-state index is -0.157. The maximum atomic E-state index is 13.2. The molecule has 0 atom stereocenters. The number of carbonyl (C=O) groups excluding carboxylic acids is 3. The van der Waals surface area contributed by atoms with Crippen LogP contribution in [0.15, 0.2) is 66.9 Å². The molecule has 8 nitrogen and oxygen atoms in total. The molecule has 232 valence electrons. The van der Waals surface area contributed by atoms with Crippen LogP contribution in [0.2, 0.25) is 0 Å². The highest BCUT2D eigenvalue weighted by Gasteiger charge is 2.30. The smallest absolute Gasteiger partial charge is 0.272 e. The van der Waals surface area contributed by atoms with Crippen molar-refractivity contribution in [1.82, 2.24) is 9.88 Å². The number of piperidine rings is 1. The lowest BCUT2D eigenvalue weighted by Gasteiger charge is -2.31. The molecular weight excluding hydrogens is 564 g/mol. The number of hydrogen-bond acceptors (Lipinski definition) is 7. The zero-order valence-electron chi connectivity index (χ0n) is 25.7. The Morgan fingerprint density at radius 2 is 1.47 bits per heavy atom. The van der Waals surface area contributed by atoms with Crippen LogP contribution in [0.1, 0.15) is 94.6 Å². The Kier molecular flexibility index (Phi) is 9.54. The van der Waals surface area contributed by atoms with Crippen LogP contribution in [-0.4, -0.2) is 59.6 Å². The van der Waals surface area contributed by atoms with Gasteiger partial charge in [-0.15, -0.1) is 0 Å². The highest BCUT2D eigenvalue weighted by atomic mass is 16.5. The van der Waals surface area contributed by atoms with E-state index in [9.17, 15) is 14.4 Å². The molecule has 2 aromatic carbocycles. The predicted molar refractivity (Wildman–Crippen MR) is 172 cm³/mol. The van der Waals surface area contributed by atoms with E-state index in [4.69, 9.17) is 10.00 Å². The van der Waals surface area contributed by atoms with Crippen molar-refractivity contribution in [3.05, 3.63) is 89.2 Å². The molecule has 1 aliphatic carbocycles. The van der Waals surface area contributed by atoms with Crippen LogP contribution in [0.4, 0.5) is 5.69 Å². The van der Waals surface area contributed by atoms with Crippen molar-refractivity contribution in [2.45, 2.75) is 63.9 Å². The van der Waals surface area contributed by atoms with Gasteiger partial charge in [-0.3, -0.25) is 19.4 Å². The summed E-state index contributed by atoms with van der Waals surface area (Å²) in [5.74, 6) is 1.03. The lowest BCUT2D eigenvalue weighted by Crippen LogP contribution is -2.40. The standard InChI is InChI=1S/C37H40N4O4/c38-24-27-5-14-33(15-6-27)45-32-12-3-26(4-13-32)23-35(42)30-9-16-34(39-25-30)37(44)41-21-17-29(18-22-41)36(43)28-7-10-31(11-8-28)40-19-1-2-20-40/h5-11,14-16,25-26,29,32H,1-4,12-13,17-23H2. The number of nitriles is 1. The van der Waals surface area contributed by atoms with E-state index in [1.165, 1.54) is 24.7 Å². The van der Waals surface area contributed by atoms with Gasteiger partial charge in [-0.2, -0.15) is 5.26 Å². The summed E-state index contributed by atoms with van der Waals surface area (Å²) >= 11 is 0. The van der Waals surface area contributed by atoms with E-state index < -0.39 is 0 Å². The first-order valence-electron chi connectivity index (χ1n) is 16.3. The Balaban J connectivity index is 0.940. The number of carbonyl (C=O) groups is 3. The summed E-state index contributed by atoms with van der Waals surface area (Å²) in [7, 11) is 0. The molecule has 0 N–H and O–H groups in total. The Morgan fingerprint density at radius 1 is 0.800 bits per heavy atom. The Labute approximate surface area is 265 Å². The largest absolute Gasteiger partial charge is 0.490 e. The number of hydrogen-bond donors (Lipinski definition) is 0. The molecule has 0 radical (unpaired) electrons. The van der Waals surface area contributed by atoms with Crippen LogP contribution in [0.5, 0.6) is 5.75 Å². The number of nitrogens with zero attached hydrogens (tertiary/aromatic N) is 4. The Hall–Kier alpha value is -4.51. The van der Waals surface area contributed by atoms with Crippen LogP contribution in [0.25, 0.3) is 0 Å². The summed E-state index contributed by atoms with van der Waals surface area (Å²) in [5, 5.41) is 8.96. The molecule has 2 saturated heterocycles. The number of likely N-dealkylation sites (tertiary alicyclic amines) is 1. The number of aromatic nitrogens is 1. The molecule has 1 amide bonds. The summed E-state index contributed by atoms with van der Waals surface area (Å²) in [6.45, 7) is 3.19. The zero-order valence-corrected chi connectivity index (χ0v) is 25.7.